The van der Waals surface area contributed by atoms with Crippen LogP contribution < -0.4 is 9.47 Å². The van der Waals surface area contributed by atoms with E-state index >= 15 is 0 Å². The second-order valence-electron chi connectivity index (χ2n) is 6.74. The normalized spacial score (nSPS) is 20.7. The number of benzene rings is 1. The number of fused-ring (bicyclic) bond motifs is 1. The fourth-order valence-electron chi connectivity index (χ4n) is 3.27. The molecule has 1 unspecified atom stereocenters. The second-order valence-corrected chi connectivity index (χ2v) is 7.59. The van der Waals surface area contributed by atoms with Crippen LogP contribution in [0.15, 0.2) is 52.4 Å². The Labute approximate surface area is 167 Å². The molecule has 3 rings (SSSR count). The summed E-state index contributed by atoms with van der Waals surface area (Å²) in [5.41, 5.74) is 1.75. The lowest BCUT2D eigenvalue weighted by atomic mass is 9.79. The summed E-state index contributed by atoms with van der Waals surface area (Å²) in [5, 5.41) is 0. The van der Waals surface area contributed by atoms with Gasteiger partial charge in [-0.3, -0.25) is 4.79 Å². The van der Waals surface area contributed by atoms with Gasteiger partial charge in [-0.2, -0.15) is 0 Å². The van der Waals surface area contributed by atoms with Crippen LogP contribution in [0.25, 0.3) is 0 Å². The van der Waals surface area contributed by atoms with Gasteiger partial charge in [-0.1, -0.05) is 6.07 Å². The highest BCUT2D eigenvalue weighted by Crippen LogP contribution is 2.47. The Morgan fingerprint density at radius 3 is 2.93 bits per heavy atom. The monoisotopic (exact) mass is 434 g/mol. The van der Waals surface area contributed by atoms with Crippen LogP contribution in [0.1, 0.15) is 25.8 Å². The maximum absolute atomic E-state index is 11.9. The van der Waals surface area contributed by atoms with Gasteiger partial charge >= 0.3 is 5.97 Å². The lowest BCUT2D eigenvalue weighted by Crippen LogP contribution is -2.21. The number of hydrogen-bond acceptors (Lipinski definition) is 5. The van der Waals surface area contributed by atoms with Gasteiger partial charge in [0.25, 0.3) is 0 Å². The first kappa shape index (κ1) is 19.5. The first-order chi connectivity index (χ1) is 12.9. The average Bonchev–Trinajstić information content (AvgIpc) is 3.03. The van der Waals surface area contributed by atoms with Gasteiger partial charge in [0, 0.05) is 11.6 Å². The van der Waals surface area contributed by atoms with Gasteiger partial charge in [-0.25, -0.2) is 0 Å². The topological polar surface area (TPSA) is 54.0 Å². The van der Waals surface area contributed by atoms with Crippen LogP contribution in [0.5, 0.6) is 11.5 Å². The molecule has 0 saturated carbocycles. The van der Waals surface area contributed by atoms with E-state index < -0.39 is 0 Å². The van der Waals surface area contributed by atoms with E-state index in [4.69, 9.17) is 18.9 Å². The Morgan fingerprint density at radius 2 is 2.19 bits per heavy atom. The third-order valence-electron chi connectivity index (χ3n) is 4.61. The minimum Gasteiger partial charge on any atom is -0.497 e. The predicted octanol–water partition coefficient (Wildman–Crippen LogP) is 4.67. The number of allylic oxidation sites excluding steroid dienone is 3. The van der Waals surface area contributed by atoms with Crippen molar-refractivity contribution in [3.63, 3.8) is 0 Å². The second kappa shape index (κ2) is 8.21. The van der Waals surface area contributed by atoms with Crippen LogP contribution in [-0.4, -0.2) is 26.3 Å². The maximum Gasteiger partial charge on any atom is 0.310 e. The van der Waals surface area contributed by atoms with E-state index in [2.05, 4.69) is 28.9 Å². The highest BCUT2D eigenvalue weighted by Gasteiger charge is 2.37. The summed E-state index contributed by atoms with van der Waals surface area (Å²) in [4.78, 5) is 11.9. The quantitative estimate of drug-likeness (QED) is 0.583. The molecule has 0 radical (unpaired) electrons. The van der Waals surface area contributed by atoms with Crippen LogP contribution >= 0.6 is 15.9 Å². The smallest absolute Gasteiger partial charge is 0.310 e. The molecule has 0 N–H and O–H groups in total. The van der Waals surface area contributed by atoms with Gasteiger partial charge in [-0.05, 0) is 60.0 Å². The molecule has 1 aliphatic heterocycles. The van der Waals surface area contributed by atoms with E-state index in [0.717, 1.165) is 27.8 Å². The summed E-state index contributed by atoms with van der Waals surface area (Å²) in [6.45, 7) is 4.70. The van der Waals surface area contributed by atoms with Crippen LogP contribution in [0.3, 0.4) is 0 Å². The van der Waals surface area contributed by atoms with E-state index in [9.17, 15) is 4.79 Å². The first-order valence-corrected chi connectivity index (χ1v) is 9.64. The molecule has 0 spiro atoms. The summed E-state index contributed by atoms with van der Waals surface area (Å²) in [5.74, 6) is 1.95. The summed E-state index contributed by atoms with van der Waals surface area (Å²) in [6, 6.07) is 5.45. The summed E-state index contributed by atoms with van der Waals surface area (Å²) < 4.78 is 22.9. The highest BCUT2D eigenvalue weighted by molar-refractivity contribution is 9.11. The molecular weight excluding hydrogens is 412 g/mol. The molecule has 1 aliphatic carbocycles. The molecule has 0 fully saturated rings. The minimum absolute atomic E-state index is 0.158. The lowest BCUT2D eigenvalue weighted by Gasteiger charge is -2.28. The number of halogens is 1. The Kier molecular flexibility index (Phi) is 5.95. The number of rotatable bonds is 7. The molecule has 0 saturated heterocycles. The van der Waals surface area contributed by atoms with Crippen LogP contribution in [0.4, 0.5) is 0 Å². The van der Waals surface area contributed by atoms with E-state index in [1.807, 2.05) is 18.2 Å². The Balaban J connectivity index is 1.76. The molecule has 0 aromatic heterocycles. The molecule has 2 aliphatic rings. The zero-order chi connectivity index (χ0) is 19.4. The maximum atomic E-state index is 11.9. The summed E-state index contributed by atoms with van der Waals surface area (Å²) in [7, 11) is 1.60. The van der Waals surface area contributed by atoms with Gasteiger partial charge in [0.05, 0.1) is 36.3 Å². The van der Waals surface area contributed by atoms with Crippen molar-refractivity contribution in [1.29, 1.82) is 0 Å². The number of ether oxygens (including phenoxy) is 4. The predicted molar refractivity (Wildman–Crippen MR) is 106 cm³/mol. The highest BCUT2D eigenvalue weighted by atomic mass is 79.9. The number of carbonyl (C=O) groups excluding carboxylic acids is 1. The molecule has 144 valence electrons. The zero-order valence-corrected chi connectivity index (χ0v) is 17.3. The van der Waals surface area contributed by atoms with Crippen molar-refractivity contribution in [3.8, 4) is 11.5 Å². The minimum atomic E-state index is -0.277. The molecule has 1 aromatic carbocycles. The Hall–Kier alpha value is -2.21. The van der Waals surface area contributed by atoms with E-state index in [1.165, 1.54) is 0 Å². The zero-order valence-electron chi connectivity index (χ0n) is 15.7. The van der Waals surface area contributed by atoms with Crippen molar-refractivity contribution in [3.05, 3.63) is 58.0 Å². The van der Waals surface area contributed by atoms with Gasteiger partial charge in [0.15, 0.2) is 0 Å². The fraction of sp³-hybridized carbons (Fsp3) is 0.381. The molecule has 1 atom stereocenters. The molecule has 1 heterocycles. The molecule has 0 bridgehead atoms. The average molecular weight is 435 g/mol. The number of methoxy groups -OCH3 is 1. The SMILES string of the molecule is CCOC(=O)Cc1ccc(OC)cc1OCC1=CC(Br)=C2OC=CC2(C)C1. The van der Waals surface area contributed by atoms with Crippen molar-refractivity contribution in [2.24, 2.45) is 5.41 Å². The van der Waals surface area contributed by atoms with E-state index in [0.29, 0.717) is 24.7 Å². The number of esters is 1. The molecule has 27 heavy (non-hydrogen) atoms. The van der Waals surface area contributed by atoms with Gasteiger partial charge in [0.2, 0.25) is 0 Å². The van der Waals surface area contributed by atoms with Gasteiger partial charge in [-0.15, -0.1) is 0 Å². The van der Waals surface area contributed by atoms with Crippen LogP contribution in [0, 0.1) is 5.41 Å². The lowest BCUT2D eigenvalue weighted by molar-refractivity contribution is -0.142. The number of hydrogen-bond donors (Lipinski definition) is 0. The molecular formula is C21H23BrO5. The molecule has 1 aromatic rings. The van der Waals surface area contributed by atoms with E-state index in [1.54, 1.807) is 26.4 Å². The Bertz CT molecular complexity index is 824. The van der Waals surface area contributed by atoms with Crippen LogP contribution in [-0.2, 0) is 20.7 Å². The van der Waals surface area contributed by atoms with Gasteiger partial charge in [0.1, 0.15) is 23.9 Å². The summed E-state index contributed by atoms with van der Waals surface area (Å²) in [6.07, 6.45) is 6.80. The summed E-state index contributed by atoms with van der Waals surface area (Å²) >= 11 is 3.59. The van der Waals surface area contributed by atoms with Crippen LogP contribution in [0.2, 0.25) is 0 Å². The largest absolute Gasteiger partial charge is 0.497 e. The fourth-order valence-corrected chi connectivity index (χ4v) is 4.14. The van der Waals surface area contributed by atoms with Crippen molar-refractivity contribution in [1.82, 2.24) is 0 Å². The van der Waals surface area contributed by atoms with E-state index in [-0.39, 0.29) is 17.8 Å². The molecule has 0 amide bonds. The third kappa shape index (κ3) is 4.38. The van der Waals surface area contributed by atoms with Crippen molar-refractivity contribution < 1.29 is 23.7 Å². The Morgan fingerprint density at radius 1 is 1.37 bits per heavy atom. The first-order valence-electron chi connectivity index (χ1n) is 8.84. The molecule has 6 heteroatoms. The number of carbonyl (C=O) groups is 1. The van der Waals surface area contributed by atoms with Gasteiger partial charge < -0.3 is 18.9 Å². The van der Waals surface area contributed by atoms with Crippen molar-refractivity contribution >= 4 is 21.9 Å². The molecule has 5 nitrogen and oxygen atoms in total. The van der Waals surface area contributed by atoms with Crippen molar-refractivity contribution in [2.75, 3.05) is 20.3 Å². The third-order valence-corrected chi connectivity index (χ3v) is 5.20. The van der Waals surface area contributed by atoms with Crippen molar-refractivity contribution in [2.45, 2.75) is 26.7 Å². The standard InChI is InChI=1S/C21H23BrO5/c1-4-25-19(23)10-15-5-6-16(24-3)11-18(15)27-13-14-9-17(22)20-21(2,12-14)7-8-26-20/h5-9,11H,4,10,12-13H2,1-3H3.